The maximum atomic E-state index is 6.34. The lowest BCUT2D eigenvalue weighted by Gasteiger charge is -2.15. The first-order valence-corrected chi connectivity index (χ1v) is 19.4. The Morgan fingerprint density at radius 2 is 0.776 bits per heavy atom. The molecule has 3 heterocycles. The fraction of sp³-hybridized carbons (Fsp3) is 0. The number of hydrogen-bond acceptors (Lipinski definition) is 5. The fourth-order valence-electron chi connectivity index (χ4n) is 8.72. The number of aromatic nitrogens is 3. The minimum absolute atomic E-state index is 0.564. The molecule has 12 rings (SSSR count). The quantitative estimate of drug-likeness (QED) is 0.164. The molecule has 0 amide bonds. The van der Waals surface area contributed by atoms with E-state index in [1.165, 1.54) is 32.7 Å². The number of benzene rings is 9. The van der Waals surface area contributed by atoms with Crippen molar-refractivity contribution in [2.75, 3.05) is 0 Å². The van der Waals surface area contributed by atoms with Crippen molar-refractivity contribution < 1.29 is 8.83 Å². The van der Waals surface area contributed by atoms with Crippen LogP contribution in [0.2, 0.25) is 0 Å². The molecule has 0 aliphatic heterocycles. The normalized spacial score (nSPS) is 11.8. The van der Waals surface area contributed by atoms with Gasteiger partial charge in [0.25, 0.3) is 0 Å². The van der Waals surface area contributed by atoms with Crippen molar-refractivity contribution in [3.63, 3.8) is 0 Å². The molecule has 9 aromatic carbocycles. The second-order valence-corrected chi connectivity index (χ2v) is 14.7. The van der Waals surface area contributed by atoms with Gasteiger partial charge in [-0.25, -0.2) is 15.0 Å². The van der Waals surface area contributed by atoms with Crippen LogP contribution < -0.4 is 0 Å². The van der Waals surface area contributed by atoms with E-state index in [4.69, 9.17) is 23.8 Å². The topological polar surface area (TPSA) is 65.0 Å². The average molecular weight is 742 g/mol. The Morgan fingerprint density at radius 3 is 1.43 bits per heavy atom. The first-order chi connectivity index (χ1) is 28.7. The molecule has 5 heteroatoms. The summed E-state index contributed by atoms with van der Waals surface area (Å²) in [5, 5.41) is 8.77. The Kier molecular flexibility index (Phi) is 7.16. The van der Waals surface area contributed by atoms with Crippen molar-refractivity contribution in [3.8, 4) is 56.4 Å². The van der Waals surface area contributed by atoms with E-state index in [0.29, 0.717) is 17.5 Å². The Morgan fingerprint density at radius 1 is 0.276 bits per heavy atom. The molecule has 0 unspecified atom stereocenters. The summed E-state index contributed by atoms with van der Waals surface area (Å²) in [6.07, 6.45) is 0. The van der Waals surface area contributed by atoms with E-state index in [0.717, 1.165) is 71.7 Å². The molecule has 5 nitrogen and oxygen atoms in total. The van der Waals surface area contributed by atoms with Crippen LogP contribution in [0.1, 0.15) is 0 Å². The Bertz CT molecular complexity index is 3450. The highest BCUT2D eigenvalue weighted by Crippen LogP contribution is 2.42. The van der Waals surface area contributed by atoms with Gasteiger partial charge in [-0.15, -0.1) is 0 Å². The summed E-state index contributed by atoms with van der Waals surface area (Å²) in [7, 11) is 0. The molecule has 0 bridgehead atoms. The van der Waals surface area contributed by atoms with Crippen LogP contribution in [0.4, 0.5) is 0 Å². The van der Waals surface area contributed by atoms with E-state index < -0.39 is 0 Å². The molecular formula is C53H31N3O2. The van der Waals surface area contributed by atoms with E-state index in [2.05, 4.69) is 127 Å². The van der Waals surface area contributed by atoms with Crippen LogP contribution in [0.15, 0.2) is 197 Å². The van der Waals surface area contributed by atoms with Crippen molar-refractivity contribution in [2.24, 2.45) is 0 Å². The van der Waals surface area contributed by atoms with Crippen LogP contribution in [-0.2, 0) is 0 Å². The van der Waals surface area contributed by atoms with Gasteiger partial charge < -0.3 is 8.83 Å². The Hall–Kier alpha value is -7.89. The highest BCUT2D eigenvalue weighted by molar-refractivity contribution is 6.16. The summed E-state index contributed by atoms with van der Waals surface area (Å²) in [6.45, 7) is 0. The summed E-state index contributed by atoms with van der Waals surface area (Å²) in [6, 6.07) is 65.2. The molecule has 270 valence electrons. The average Bonchev–Trinajstić information content (AvgIpc) is 3.87. The smallest absolute Gasteiger partial charge is 0.164 e. The maximum Gasteiger partial charge on any atom is 0.164 e. The monoisotopic (exact) mass is 741 g/mol. The second kappa shape index (κ2) is 12.8. The van der Waals surface area contributed by atoms with E-state index in [1.54, 1.807) is 0 Å². The van der Waals surface area contributed by atoms with Crippen LogP contribution in [0.5, 0.6) is 0 Å². The van der Waals surface area contributed by atoms with Gasteiger partial charge in [-0.3, -0.25) is 0 Å². The lowest BCUT2D eigenvalue weighted by molar-refractivity contribution is 0.668. The molecule has 12 aromatic rings. The summed E-state index contributed by atoms with van der Waals surface area (Å²) in [5.41, 5.74) is 10.4. The van der Waals surface area contributed by atoms with Crippen molar-refractivity contribution in [2.45, 2.75) is 0 Å². The first-order valence-electron chi connectivity index (χ1n) is 19.4. The van der Waals surface area contributed by atoms with Gasteiger partial charge in [-0.1, -0.05) is 152 Å². The molecule has 58 heavy (non-hydrogen) atoms. The fourth-order valence-corrected chi connectivity index (χ4v) is 8.72. The molecule has 0 aliphatic rings. The third-order valence-electron chi connectivity index (χ3n) is 11.3. The van der Waals surface area contributed by atoms with Gasteiger partial charge in [0.15, 0.2) is 17.5 Å². The number of fused-ring (bicyclic) bond motifs is 9. The van der Waals surface area contributed by atoms with Gasteiger partial charge in [-0.05, 0) is 80.2 Å². The van der Waals surface area contributed by atoms with Gasteiger partial charge in [0, 0.05) is 38.2 Å². The maximum absolute atomic E-state index is 6.34. The molecule has 3 aromatic heterocycles. The molecular weight excluding hydrogens is 711 g/mol. The lowest BCUT2D eigenvalue weighted by Crippen LogP contribution is -2.01. The third-order valence-corrected chi connectivity index (χ3v) is 11.3. The predicted molar refractivity (Wildman–Crippen MR) is 237 cm³/mol. The third kappa shape index (κ3) is 5.07. The van der Waals surface area contributed by atoms with E-state index in [-0.39, 0.29) is 0 Å². The molecule has 0 saturated carbocycles. The minimum Gasteiger partial charge on any atom is -0.456 e. The summed E-state index contributed by atoms with van der Waals surface area (Å²) in [5.74, 6) is 1.70. The number of para-hydroxylation sites is 2. The number of hydrogen-bond donors (Lipinski definition) is 0. The Balaban J connectivity index is 1.12. The van der Waals surface area contributed by atoms with Crippen LogP contribution >= 0.6 is 0 Å². The number of furan rings is 2. The largest absolute Gasteiger partial charge is 0.456 e. The first kappa shape index (κ1) is 32.4. The van der Waals surface area contributed by atoms with Crippen LogP contribution in [0, 0.1) is 0 Å². The molecule has 0 atom stereocenters. The van der Waals surface area contributed by atoms with Crippen LogP contribution in [0.3, 0.4) is 0 Å². The van der Waals surface area contributed by atoms with Crippen LogP contribution in [0.25, 0.3) is 122 Å². The van der Waals surface area contributed by atoms with Gasteiger partial charge >= 0.3 is 0 Å². The molecule has 0 radical (unpaired) electrons. The standard InChI is InChI=1S/C53H31N3O2/c1-2-14-32(15-3-1)43-30-33-16-4-5-18-36(33)44-31-34(28-29-37(43)44)35-17-6-7-19-38(35)51-54-52(41-22-12-26-47-49(41)39-20-8-10-24-45(39)57-47)56-53(55-51)42-23-13-27-48-50(42)40-21-9-11-25-46(40)58-48/h1-31H. The van der Waals surface area contributed by atoms with Crippen molar-refractivity contribution >= 4 is 65.4 Å². The minimum atomic E-state index is 0.564. The van der Waals surface area contributed by atoms with E-state index >= 15 is 0 Å². The molecule has 0 aliphatic carbocycles. The second-order valence-electron chi connectivity index (χ2n) is 14.7. The summed E-state index contributed by atoms with van der Waals surface area (Å²) in [4.78, 5) is 15.9. The van der Waals surface area contributed by atoms with Crippen LogP contribution in [-0.4, -0.2) is 15.0 Å². The van der Waals surface area contributed by atoms with Gasteiger partial charge in [0.2, 0.25) is 0 Å². The highest BCUT2D eigenvalue weighted by atomic mass is 16.3. The zero-order chi connectivity index (χ0) is 38.2. The number of nitrogens with zero attached hydrogens (tertiary/aromatic N) is 3. The summed E-state index contributed by atoms with van der Waals surface area (Å²) < 4.78 is 12.7. The van der Waals surface area contributed by atoms with Crippen molar-refractivity contribution in [1.29, 1.82) is 0 Å². The lowest BCUT2D eigenvalue weighted by atomic mass is 9.90. The van der Waals surface area contributed by atoms with Gasteiger partial charge in [0.05, 0.1) is 0 Å². The van der Waals surface area contributed by atoms with Crippen molar-refractivity contribution in [3.05, 3.63) is 188 Å². The van der Waals surface area contributed by atoms with Gasteiger partial charge in [-0.2, -0.15) is 0 Å². The highest BCUT2D eigenvalue weighted by Gasteiger charge is 2.22. The molecule has 0 saturated heterocycles. The molecule has 0 fully saturated rings. The van der Waals surface area contributed by atoms with E-state index in [9.17, 15) is 0 Å². The SMILES string of the molecule is c1ccc(-c2cc3ccccc3c3cc(-c4ccccc4-c4nc(-c5cccc6oc7ccccc7c56)nc(-c5cccc6oc7ccccc7c56)n4)ccc23)cc1. The zero-order valence-corrected chi connectivity index (χ0v) is 31.1. The molecule has 0 spiro atoms. The Labute approximate surface area is 332 Å². The number of rotatable bonds is 5. The predicted octanol–water partition coefficient (Wildman–Crippen LogP) is 14.3. The van der Waals surface area contributed by atoms with E-state index in [1.807, 2.05) is 60.7 Å². The van der Waals surface area contributed by atoms with Crippen molar-refractivity contribution in [1.82, 2.24) is 15.0 Å². The zero-order valence-electron chi connectivity index (χ0n) is 31.1. The molecule has 0 N–H and O–H groups in total. The van der Waals surface area contributed by atoms with Gasteiger partial charge in [0.1, 0.15) is 22.3 Å². The summed E-state index contributed by atoms with van der Waals surface area (Å²) >= 11 is 0.